The molecule has 0 aliphatic carbocycles. The Hall–Kier alpha value is -3.40. The van der Waals surface area contributed by atoms with Crippen molar-refractivity contribution < 1.29 is 14.8 Å². The molecule has 0 atom stereocenters. The minimum Gasteiger partial charge on any atom is -0.477 e. The summed E-state index contributed by atoms with van der Waals surface area (Å²) in [6, 6.07) is 9.51. The Morgan fingerprint density at radius 1 is 1.39 bits per heavy atom. The average Bonchev–Trinajstić information content (AvgIpc) is 2.78. The molecule has 1 aromatic carbocycles. The number of aromatic nitrogens is 1. The molecule has 0 unspecified atom stereocenters. The molecule has 0 spiro atoms. The highest BCUT2D eigenvalue weighted by atomic mass is 16.6. The Labute approximate surface area is 131 Å². The smallest absolute Gasteiger partial charge is 0.346 e. The van der Waals surface area contributed by atoms with Gasteiger partial charge in [-0.15, -0.1) is 0 Å². The molecule has 0 radical (unpaired) electrons. The Morgan fingerprint density at radius 2 is 2.09 bits per heavy atom. The van der Waals surface area contributed by atoms with Crippen LogP contribution < -0.4 is 0 Å². The summed E-state index contributed by atoms with van der Waals surface area (Å²) in [6.07, 6.45) is 1.29. The molecule has 7 nitrogen and oxygen atoms in total. The van der Waals surface area contributed by atoms with Crippen LogP contribution in [0.5, 0.6) is 0 Å². The molecule has 23 heavy (non-hydrogen) atoms. The van der Waals surface area contributed by atoms with Gasteiger partial charge in [0.15, 0.2) is 0 Å². The number of aliphatic carboxylic acids is 1. The van der Waals surface area contributed by atoms with Crippen LogP contribution in [-0.4, -0.2) is 20.6 Å². The van der Waals surface area contributed by atoms with Gasteiger partial charge in [0.1, 0.15) is 11.6 Å². The van der Waals surface area contributed by atoms with Crippen molar-refractivity contribution in [2.75, 3.05) is 0 Å². The van der Waals surface area contributed by atoms with E-state index >= 15 is 0 Å². The van der Waals surface area contributed by atoms with E-state index in [0.29, 0.717) is 16.9 Å². The van der Waals surface area contributed by atoms with Crippen molar-refractivity contribution in [1.82, 2.24) is 4.57 Å². The Balaban J connectivity index is 2.59. The van der Waals surface area contributed by atoms with Crippen LogP contribution in [0.25, 0.3) is 11.8 Å². The van der Waals surface area contributed by atoms with Crippen LogP contribution in [0.3, 0.4) is 0 Å². The first-order chi connectivity index (χ1) is 10.8. The number of hydrogen-bond donors (Lipinski definition) is 1. The van der Waals surface area contributed by atoms with Gasteiger partial charge in [0.2, 0.25) is 0 Å². The number of nitro groups is 1. The molecule has 0 bridgehead atoms. The van der Waals surface area contributed by atoms with Crippen molar-refractivity contribution >= 4 is 17.7 Å². The number of rotatable bonds is 4. The highest BCUT2D eigenvalue weighted by molar-refractivity contribution is 5.96. The molecule has 0 amide bonds. The van der Waals surface area contributed by atoms with Gasteiger partial charge in [-0.1, -0.05) is 6.07 Å². The third-order valence-corrected chi connectivity index (χ3v) is 3.42. The van der Waals surface area contributed by atoms with E-state index in [1.54, 1.807) is 42.7 Å². The molecule has 2 rings (SSSR count). The van der Waals surface area contributed by atoms with E-state index in [9.17, 15) is 14.9 Å². The molecule has 0 saturated heterocycles. The molecule has 0 fully saturated rings. The fourth-order valence-electron chi connectivity index (χ4n) is 2.37. The first kappa shape index (κ1) is 16.0. The van der Waals surface area contributed by atoms with E-state index in [2.05, 4.69) is 0 Å². The van der Waals surface area contributed by atoms with Crippen molar-refractivity contribution in [3.63, 3.8) is 0 Å². The molecular formula is C16H13N3O4. The number of carboxylic acid groups (broad SMARTS) is 1. The number of aryl methyl sites for hydroxylation is 1. The second-order valence-electron chi connectivity index (χ2n) is 4.91. The summed E-state index contributed by atoms with van der Waals surface area (Å²) >= 11 is 0. The van der Waals surface area contributed by atoms with Crippen molar-refractivity contribution in [2.24, 2.45) is 0 Å². The summed E-state index contributed by atoms with van der Waals surface area (Å²) < 4.78 is 1.77. The highest BCUT2D eigenvalue weighted by Crippen LogP contribution is 2.25. The lowest BCUT2D eigenvalue weighted by atomic mass is 10.1. The van der Waals surface area contributed by atoms with Crippen molar-refractivity contribution in [3.8, 4) is 11.8 Å². The minimum absolute atomic E-state index is 0.0321. The number of nitro benzene ring substituents is 1. The summed E-state index contributed by atoms with van der Waals surface area (Å²) in [5.74, 6) is -1.30. The largest absolute Gasteiger partial charge is 0.477 e. The van der Waals surface area contributed by atoms with Crippen LogP contribution >= 0.6 is 0 Å². The molecular weight excluding hydrogens is 298 g/mol. The molecule has 2 aromatic rings. The van der Waals surface area contributed by atoms with Crippen molar-refractivity contribution in [1.29, 1.82) is 5.26 Å². The fourth-order valence-corrected chi connectivity index (χ4v) is 2.37. The predicted octanol–water partition coefficient (Wildman–Crippen LogP) is 2.99. The van der Waals surface area contributed by atoms with Crippen LogP contribution in [0, 0.1) is 35.3 Å². The third-order valence-electron chi connectivity index (χ3n) is 3.42. The van der Waals surface area contributed by atoms with Crippen molar-refractivity contribution in [3.05, 3.63) is 63.0 Å². The van der Waals surface area contributed by atoms with Crippen LogP contribution in [0.2, 0.25) is 0 Å². The number of carbonyl (C=O) groups is 1. The normalized spacial score (nSPS) is 11.1. The predicted molar refractivity (Wildman–Crippen MR) is 83.1 cm³/mol. The molecule has 0 saturated carbocycles. The van der Waals surface area contributed by atoms with Crippen LogP contribution in [0.4, 0.5) is 5.69 Å². The van der Waals surface area contributed by atoms with Gasteiger partial charge < -0.3 is 9.67 Å². The molecule has 1 heterocycles. The first-order valence-electron chi connectivity index (χ1n) is 6.64. The van der Waals surface area contributed by atoms with E-state index in [-0.39, 0.29) is 11.3 Å². The SMILES string of the molecule is Cc1cc(/C=C(\C#N)C(=O)O)c(C)n1-c1cccc([N+](=O)[O-])c1. The van der Waals surface area contributed by atoms with E-state index in [4.69, 9.17) is 10.4 Å². The van der Waals surface area contributed by atoms with Gasteiger partial charge in [0.25, 0.3) is 5.69 Å². The summed E-state index contributed by atoms with van der Waals surface area (Å²) in [7, 11) is 0. The number of carboxylic acids is 1. The topological polar surface area (TPSA) is 109 Å². The monoisotopic (exact) mass is 311 g/mol. The van der Waals surface area contributed by atoms with Crippen LogP contribution in [0.15, 0.2) is 35.9 Å². The standard InChI is InChI=1S/C16H13N3O4/c1-10-6-12(7-13(9-17)16(20)21)11(2)18(10)14-4-3-5-15(8-14)19(22)23/h3-8H,1-2H3,(H,20,21)/b13-7+. The zero-order valence-corrected chi connectivity index (χ0v) is 12.5. The van der Waals surface area contributed by atoms with Gasteiger partial charge in [0.05, 0.1) is 10.6 Å². The minimum atomic E-state index is -1.30. The second kappa shape index (κ2) is 6.15. The number of non-ortho nitro benzene ring substituents is 1. The van der Waals surface area contributed by atoms with E-state index in [0.717, 1.165) is 5.69 Å². The molecule has 1 aromatic heterocycles. The maximum Gasteiger partial charge on any atom is 0.346 e. The van der Waals surface area contributed by atoms with Gasteiger partial charge in [-0.05, 0) is 37.6 Å². The van der Waals surface area contributed by atoms with Gasteiger partial charge in [-0.2, -0.15) is 5.26 Å². The number of hydrogen-bond acceptors (Lipinski definition) is 4. The Kier molecular flexibility index (Phi) is 4.27. The third kappa shape index (κ3) is 3.11. The van der Waals surface area contributed by atoms with Crippen LogP contribution in [-0.2, 0) is 4.79 Å². The zero-order valence-electron chi connectivity index (χ0n) is 12.5. The van der Waals surface area contributed by atoms with E-state index in [1.165, 1.54) is 18.2 Å². The first-order valence-corrected chi connectivity index (χ1v) is 6.64. The van der Waals surface area contributed by atoms with Gasteiger partial charge in [0, 0.05) is 23.5 Å². The maximum atomic E-state index is 11.0. The molecule has 7 heteroatoms. The lowest BCUT2D eigenvalue weighted by molar-refractivity contribution is -0.384. The Bertz CT molecular complexity index is 872. The van der Waals surface area contributed by atoms with Gasteiger partial charge in [-0.3, -0.25) is 10.1 Å². The lowest BCUT2D eigenvalue weighted by Gasteiger charge is -2.09. The summed E-state index contributed by atoms with van der Waals surface area (Å²) in [5, 5.41) is 28.7. The fraction of sp³-hybridized carbons (Fsp3) is 0.125. The zero-order chi connectivity index (χ0) is 17.1. The molecule has 1 N–H and O–H groups in total. The number of nitriles is 1. The van der Waals surface area contributed by atoms with Crippen molar-refractivity contribution in [2.45, 2.75) is 13.8 Å². The average molecular weight is 311 g/mol. The summed E-state index contributed by atoms with van der Waals surface area (Å²) in [6.45, 7) is 3.56. The van der Waals surface area contributed by atoms with Gasteiger partial charge in [-0.25, -0.2) is 4.79 Å². The maximum absolute atomic E-state index is 11.0. The summed E-state index contributed by atoms with van der Waals surface area (Å²) in [4.78, 5) is 21.4. The highest BCUT2D eigenvalue weighted by Gasteiger charge is 2.14. The summed E-state index contributed by atoms with van der Waals surface area (Å²) in [5.41, 5.74) is 2.24. The quantitative estimate of drug-likeness (QED) is 0.404. The second-order valence-corrected chi connectivity index (χ2v) is 4.91. The molecule has 0 aliphatic heterocycles. The Morgan fingerprint density at radius 3 is 2.65 bits per heavy atom. The molecule has 0 aliphatic rings. The van der Waals surface area contributed by atoms with E-state index < -0.39 is 10.9 Å². The number of nitrogens with zero attached hydrogens (tertiary/aromatic N) is 3. The lowest BCUT2D eigenvalue weighted by Crippen LogP contribution is -2.01. The van der Waals surface area contributed by atoms with Gasteiger partial charge >= 0.3 is 5.97 Å². The van der Waals surface area contributed by atoms with Crippen LogP contribution in [0.1, 0.15) is 17.0 Å². The number of benzene rings is 1. The van der Waals surface area contributed by atoms with E-state index in [1.807, 2.05) is 0 Å². The molecule has 116 valence electrons.